The lowest BCUT2D eigenvalue weighted by molar-refractivity contribution is -0.0542. The maximum absolute atomic E-state index is 12.4. The van der Waals surface area contributed by atoms with Gasteiger partial charge in [0.15, 0.2) is 0 Å². The summed E-state index contributed by atoms with van der Waals surface area (Å²) in [6, 6.07) is 6.94. The average molecular weight is 586 g/mol. The summed E-state index contributed by atoms with van der Waals surface area (Å²) < 4.78 is 45.9. The third-order valence-corrected chi connectivity index (χ3v) is 9.12. The lowest BCUT2D eigenvalue weighted by Crippen LogP contribution is -2.45. The van der Waals surface area contributed by atoms with Crippen molar-refractivity contribution in [3.8, 4) is 23.0 Å². The van der Waals surface area contributed by atoms with E-state index in [0.717, 1.165) is 31.4 Å². The fraction of sp³-hybridized carbons (Fsp3) is 0.556. The summed E-state index contributed by atoms with van der Waals surface area (Å²) >= 11 is 0. The van der Waals surface area contributed by atoms with Crippen molar-refractivity contribution in [3.63, 3.8) is 0 Å². The van der Waals surface area contributed by atoms with E-state index in [0.29, 0.717) is 68.2 Å². The van der Waals surface area contributed by atoms with Crippen LogP contribution in [0.3, 0.4) is 0 Å². The summed E-state index contributed by atoms with van der Waals surface area (Å²) in [5, 5.41) is 17.8. The van der Waals surface area contributed by atoms with Gasteiger partial charge in [0.1, 0.15) is 5.69 Å². The molecule has 0 saturated carbocycles. The molecule has 4 aliphatic heterocycles. The van der Waals surface area contributed by atoms with Crippen molar-refractivity contribution in [3.05, 3.63) is 30.5 Å². The van der Waals surface area contributed by atoms with E-state index < -0.39 is 16.6 Å². The number of sulfonamides is 1. The number of morpholine rings is 1. The molecule has 4 aliphatic rings. The number of nitrogens with one attached hydrogen (secondary N) is 1. The fourth-order valence-electron chi connectivity index (χ4n) is 5.51. The van der Waals surface area contributed by atoms with Gasteiger partial charge in [-0.15, -0.1) is 10.2 Å². The molecule has 1 aromatic carbocycles. The van der Waals surface area contributed by atoms with Gasteiger partial charge in [0.05, 0.1) is 47.6 Å². The van der Waals surface area contributed by atoms with Crippen LogP contribution in [0, 0.1) is 0 Å². The van der Waals surface area contributed by atoms with Crippen LogP contribution in [0.5, 0.6) is 0 Å². The van der Waals surface area contributed by atoms with Crippen LogP contribution in [0.2, 0.25) is 0 Å². The number of aliphatic hydroxyl groups excluding tert-OH is 1. The second kappa shape index (κ2) is 11.5. The number of benzene rings is 1. The molecule has 2 fully saturated rings. The first-order chi connectivity index (χ1) is 19.8. The second-order valence-electron chi connectivity index (χ2n) is 10.9. The van der Waals surface area contributed by atoms with E-state index in [4.69, 9.17) is 24.0 Å². The van der Waals surface area contributed by atoms with Crippen LogP contribution in [-0.2, 0) is 19.5 Å². The molecule has 3 aromatic rings. The van der Waals surface area contributed by atoms with Crippen molar-refractivity contribution in [2.24, 2.45) is 0 Å². The maximum Gasteiger partial charge on any atom is 0.266 e. The van der Waals surface area contributed by atoms with E-state index in [-0.39, 0.29) is 23.3 Å². The van der Waals surface area contributed by atoms with E-state index in [1.165, 1.54) is 0 Å². The van der Waals surface area contributed by atoms with Crippen molar-refractivity contribution in [1.29, 1.82) is 0 Å². The zero-order valence-corrected chi connectivity index (χ0v) is 23.8. The molecule has 6 heterocycles. The van der Waals surface area contributed by atoms with E-state index >= 15 is 0 Å². The van der Waals surface area contributed by atoms with Crippen LogP contribution in [0.1, 0.15) is 32.6 Å². The van der Waals surface area contributed by atoms with Crippen LogP contribution in [0.4, 0.5) is 17.3 Å². The average Bonchev–Trinajstić information content (AvgIpc) is 3.46. The van der Waals surface area contributed by atoms with Crippen LogP contribution in [0.25, 0.3) is 23.0 Å². The van der Waals surface area contributed by atoms with Gasteiger partial charge in [-0.05, 0) is 56.9 Å². The first kappa shape index (κ1) is 27.8. The van der Waals surface area contributed by atoms with Crippen molar-refractivity contribution in [1.82, 2.24) is 20.2 Å². The van der Waals surface area contributed by atoms with Gasteiger partial charge < -0.3 is 28.8 Å². The summed E-state index contributed by atoms with van der Waals surface area (Å²) in [5.41, 5.74) is 2.10. The lowest BCUT2D eigenvalue weighted by Gasteiger charge is -2.41. The first-order valence-electron chi connectivity index (χ1n) is 14.0. The summed E-state index contributed by atoms with van der Waals surface area (Å²) in [6.07, 6.45) is 5.14. The molecule has 1 atom stereocenters. The number of aliphatic hydroxyl groups is 1. The molecule has 0 amide bonds. The monoisotopic (exact) mass is 585 g/mol. The van der Waals surface area contributed by atoms with Gasteiger partial charge in [-0.3, -0.25) is 4.72 Å². The van der Waals surface area contributed by atoms with E-state index in [2.05, 4.69) is 36.6 Å². The minimum atomic E-state index is -3.70. The Kier molecular flexibility index (Phi) is 7.81. The number of aromatic nitrogens is 4. The largest absolute Gasteiger partial charge is 0.415 e. The summed E-state index contributed by atoms with van der Waals surface area (Å²) in [6.45, 7) is 5.74. The SMILES string of the molecule is CC12CCN(CC1)c1cc(NS(=O)(=O)CCO)ccc1-c1nnc(o1)-c1ccnc(n1)N1CCOC(CCCO2)C1. The Morgan fingerprint density at radius 2 is 1.93 bits per heavy atom. The van der Waals surface area contributed by atoms with Gasteiger partial charge in [0.2, 0.25) is 21.9 Å². The highest BCUT2D eigenvalue weighted by atomic mass is 32.2. The quantitative estimate of drug-likeness (QED) is 0.461. The summed E-state index contributed by atoms with van der Waals surface area (Å²) in [4.78, 5) is 13.5. The number of ether oxygens (including phenoxy) is 2. The molecule has 13 nitrogen and oxygen atoms in total. The van der Waals surface area contributed by atoms with Gasteiger partial charge in [0, 0.05) is 39.0 Å². The van der Waals surface area contributed by atoms with Gasteiger partial charge >= 0.3 is 0 Å². The minimum Gasteiger partial charge on any atom is -0.415 e. The Bertz CT molecular complexity index is 1470. The van der Waals surface area contributed by atoms with E-state index in [9.17, 15) is 8.42 Å². The highest BCUT2D eigenvalue weighted by molar-refractivity contribution is 7.92. The molecule has 2 saturated heterocycles. The normalized spacial score (nSPS) is 23.3. The Morgan fingerprint density at radius 1 is 1.10 bits per heavy atom. The van der Waals surface area contributed by atoms with Crippen molar-refractivity contribution in [2.75, 3.05) is 66.3 Å². The Balaban J connectivity index is 1.38. The van der Waals surface area contributed by atoms with Gasteiger partial charge in [-0.2, -0.15) is 0 Å². The Hall–Kier alpha value is -3.33. The molecule has 220 valence electrons. The maximum atomic E-state index is 12.4. The van der Waals surface area contributed by atoms with Gasteiger partial charge in [0.25, 0.3) is 5.89 Å². The van der Waals surface area contributed by atoms with E-state index in [1.807, 2.05) is 0 Å². The second-order valence-corrected chi connectivity index (χ2v) is 12.7. The molecule has 2 aromatic heterocycles. The summed E-state index contributed by atoms with van der Waals surface area (Å²) in [7, 11) is -3.70. The first-order valence-corrected chi connectivity index (χ1v) is 15.6. The van der Waals surface area contributed by atoms with Crippen molar-refractivity contribution in [2.45, 2.75) is 44.3 Å². The molecular formula is C27H35N7O6S. The summed E-state index contributed by atoms with van der Waals surface area (Å²) in [5.74, 6) is 0.766. The molecule has 7 rings (SSSR count). The molecule has 0 aliphatic carbocycles. The zero-order chi connectivity index (χ0) is 28.5. The van der Waals surface area contributed by atoms with Gasteiger partial charge in [-0.25, -0.2) is 18.4 Å². The van der Waals surface area contributed by atoms with Crippen LogP contribution in [-0.4, -0.2) is 97.1 Å². The standard InChI is InChI=1S/C27H35N7O6S/c1-27-7-10-33(11-8-27)23-17-19(32-41(36,37)16-13-35)4-5-21(23)24-30-31-25(40-24)22-6-9-28-26(29-22)34-12-15-38-20(18-34)3-2-14-39-27/h4-6,9,17,20,32,35H,2-3,7-8,10-16,18H2,1H3. The number of rotatable bonds is 4. The number of hydrogen-bond acceptors (Lipinski definition) is 12. The lowest BCUT2D eigenvalue weighted by atomic mass is 9.92. The topological polar surface area (TPSA) is 156 Å². The highest BCUT2D eigenvalue weighted by Gasteiger charge is 2.33. The number of anilines is 3. The van der Waals surface area contributed by atoms with Crippen LogP contribution >= 0.6 is 0 Å². The number of piperidine rings is 1. The fourth-order valence-corrected chi connectivity index (χ4v) is 6.34. The smallest absolute Gasteiger partial charge is 0.266 e. The number of nitrogens with zero attached hydrogens (tertiary/aromatic N) is 6. The zero-order valence-electron chi connectivity index (χ0n) is 23.0. The third-order valence-electron chi connectivity index (χ3n) is 7.85. The molecule has 14 heteroatoms. The predicted octanol–water partition coefficient (Wildman–Crippen LogP) is 2.30. The van der Waals surface area contributed by atoms with Crippen molar-refractivity contribution < 1.29 is 27.4 Å². The molecule has 2 N–H and O–H groups in total. The van der Waals surface area contributed by atoms with Crippen LogP contribution in [0.15, 0.2) is 34.9 Å². The Labute approximate surface area is 238 Å². The Morgan fingerprint density at radius 3 is 2.76 bits per heavy atom. The minimum absolute atomic E-state index is 0.0739. The molecule has 41 heavy (non-hydrogen) atoms. The molecule has 0 spiro atoms. The number of hydrogen-bond donors (Lipinski definition) is 2. The molecule has 1 unspecified atom stereocenters. The van der Waals surface area contributed by atoms with Crippen LogP contribution < -0.4 is 14.5 Å². The van der Waals surface area contributed by atoms with Gasteiger partial charge in [-0.1, -0.05) is 0 Å². The highest BCUT2D eigenvalue weighted by Crippen LogP contribution is 2.38. The van der Waals surface area contributed by atoms with E-state index in [1.54, 1.807) is 30.5 Å². The molecule has 0 radical (unpaired) electrons. The molecular weight excluding hydrogens is 550 g/mol. The predicted molar refractivity (Wildman–Crippen MR) is 152 cm³/mol. The third kappa shape index (κ3) is 6.30. The number of fused-ring (bicyclic) bond motifs is 5. The molecule has 8 bridgehead atoms. The van der Waals surface area contributed by atoms with Crippen molar-refractivity contribution >= 4 is 27.3 Å².